The second-order valence-corrected chi connectivity index (χ2v) is 6.01. The van der Waals surface area contributed by atoms with E-state index in [4.69, 9.17) is 9.47 Å². The van der Waals surface area contributed by atoms with Gasteiger partial charge in [0, 0.05) is 30.5 Å². The molecular formula is C14H16N4O3S. The fourth-order valence-corrected chi connectivity index (χ4v) is 2.87. The van der Waals surface area contributed by atoms with Crippen LogP contribution in [0.5, 0.6) is 11.8 Å². The van der Waals surface area contributed by atoms with E-state index in [0.29, 0.717) is 30.5 Å². The summed E-state index contributed by atoms with van der Waals surface area (Å²) in [6.45, 7) is 3.08. The minimum Gasteiger partial charge on any atom is -0.480 e. The second-order valence-electron chi connectivity index (χ2n) is 4.95. The molecule has 1 aliphatic heterocycles. The minimum atomic E-state index is -0.0774. The van der Waals surface area contributed by atoms with Gasteiger partial charge in [-0.1, -0.05) is 0 Å². The number of aromatic nitrogens is 3. The van der Waals surface area contributed by atoms with Crippen molar-refractivity contribution in [2.24, 2.45) is 0 Å². The lowest BCUT2D eigenvalue weighted by atomic mass is 10.3. The van der Waals surface area contributed by atoms with Gasteiger partial charge in [-0.25, -0.2) is 4.98 Å². The third-order valence-corrected chi connectivity index (χ3v) is 4.16. The maximum absolute atomic E-state index is 12.3. The van der Waals surface area contributed by atoms with E-state index in [0.717, 1.165) is 11.4 Å². The maximum Gasteiger partial charge on any atom is 0.273 e. The number of methoxy groups -OCH3 is 1. The fraction of sp³-hybridized carbons (Fsp3) is 0.429. The number of carbonyl (C=O) groups excluding carboxylic acids is 1. The van der Waals surface area contributed by atoms with Crippen molar-refractivity contribution in [3.63, 3.8) is 0 Å². The molecule has 1 unspecified atom stereocenters. The van der Waals surface area contributed by atoms with Crippen molar-refractivity contribution in [2.45, 2.75) is 19.4 Å². The lowest BCUT2D eigenvalue weighted by molar-refractivity contribution is 0.0766. The summed E-state index contributed by atoms with van der Waals surface area (Å²) in [4.78, 5) is 18.3. The van der Waals surface area contributed by atoms with Crippen molar-refractivity contribution < 1.29 is 14.3 Å². The van der Waals surface area contributed by atoms with E-state index in [9.17, 15) is 4.79 Å². The molecule has 8 heteroatoms. The van der Waals surface area contributed by atoms with Crippen molar-refractivity contribution in [1.82, 2.24) is 20.1 Å². The third-order valence-electron chi connectivity index (χ3n) is 3.38. The topological polar surface area (TPSA) is 77.4 Å². The molecule has 3 heterocycles. The Balaban J connectivity index is 1.58. The largest absolute Gasteiger partial charge is 0.480 e. The molecule has 1 fully saturated rings. The predicted molar refractivity (Wildman–Crippen MR) is 80.4 cm³/mol. The van der Waals surface area contributed by atoms with E-state index < -0.39 is 0 Å². The number of aryl methyl sites for hydroxylation is 1. The van der Waals surface area contributed by atoms with Crippen LogP contribution in [0.2, 0.25) is 0 Å². The van der Waals surface area contributed by atoms with E-state index in [1.54, 1.807) is 22.4 Å². The molecule has 0 aliphatic carbocycles. The van der Waals surface area contributed by atoms with Crippen LogP contribution in [-0.2, 0) is 0 Å². The number of amides is 1. The Bertz CT molecular complexity index is 658. The van der Waals surface area contributed by atoms with Crippen molar-refractivity contribution in [2.75, 3.05) is 20.2 Å². The molecule has 1 atom stereocenters. The Morgan fingerprint density at radius 2 is 2.14 bits per heavy atom. The van der Waals surface area contributed by atoms with Gasteiger partial charge in [-0.05, 0) is 6.92 Å². The van der Waals surface area contributed by atoms with Gasteiger partial charge in [0.1, 0.15) is 11.8 Å². The molecule has 0 N–H and O–H groups in total. The summed E-state index contributed by atoms with van der Waals surface area (Å²) in [7, 11) is 1.53. The van der Waals surface area contributed by atoms with Crippen molar-refractivity contribution in [1.29, 1.82) is 0 Å². The molecular weight excluding hydrogens is 304 g/mol. The van der Waals surface area contributed by atoms with Gasteiger partial charge in [0.25, 0.3) is 5.91 Å². The SMILES string of the molecule is COc1ccc(OC2CCN(C(=O)c3csc(C)n3)C2)nn1. The molecule has 0 aromatic carbocycles. The maximum atomic E-state index is 12.3. The van der Waals surface area contributed by atoms with Gasteiger partial charge in [0.15, 0.2) is 0 Å². The Labute approximate surface area is 131 Å². The Hall–Kier alpha value is -2.22. The molecule has 1 amide bonds. The molecule has 2 aromatic rings. The monoisotopic (exact) mass is 320 g/mol. The third kappa shape index (κ3) is 3.16. The summed E-state index contributed by atoms with van der Waals surface area (Å²) in [5, 5.41) is 10.5. The molecule has 3 rings (SSSR count). The first-order valence-electron chi connectivity index (χ1n) is 6.91. The van der Waals surface area contributed by atoms with E-state index in [-0.39, 0.29) is 12.0 Å². The van der Waals surface area contributed by atoms with E-state index in [2.05, 4.69) is 15.2 Å². The summed E-state index contributed by atoms with van der Waals surface area (Å²) >= 11 is 1.48. The average molecular weight is 320 g/mol. The summed E-state index contributed by atoms with van der Waals surface area (Å²) in [5.74, 6) is 0.829. The first-order chi connectivity index (χ1) is 10.7. The van der Waals surface area contributed by atoms with Crippen LogP contribution in [0.4, 0.5) is 0 Å². The number of hydrogen-bond acceptors (Lipinski definition) is 7. The average Bonchev–Trinajstić information content (AvgIpc) is 3.16. The highest BCUT2D eigenvalue weighted by Crippen LogP contribution is 2.19. The Kier molecular flexibility index (Phi) is 4.19. The highest BCUT2D eigenvalue weighted by atomic mass is 32.1. The molecule has 7 nitrogen and oxygen atoms in total. The van der Waals surface area contributed by atoms with Crippen LogP contribution >= 0.6 is 11.3 Å². The van der Waals surface area contributed by atoms with Gasteiger partial charge in [0.2, 0.25) is 11.8 Å². The molecule has 0 radical (unpaired) electrons. The van der Waals surface area contributed by atoms with Gasteiger partial charge in [-0.3, -0.25) is 4.79 Å². The quantitative estimate of drug-likeness (QED) is 0.850. The van der Waals surface area contributed by atoms with Gasteiger partial charge in [-0.15, -0.1) is 21.5 Å². The van der Waals surface area contributed by atoms with E-state index in [1.165, 1.54) is 18.4 Å². The highest BCUT2D eigenvalue weighted by molar-refractivity contribution is 7.09. The zero-order valence-electron chi connectivity index (χ0n) is 12.4. The van der Waals surface area contributed by atoms with Gasteiger partial charge in [-0.2, -0.15) is 0 Å². The molecule has 1 aliphatic rings. The second kappa shape index (κ2) is 6.27. The molecule has 0 spiro atoms. The number of carbonyl (C=O) groups is 1. The molecule has 2 aromatic heterocycles. The first kappa shape index (κ1) is 14.7. The lowest BCUT2D eigenvalue weighted by Crippen LogP contribution is -2.31. The van der Waals surface area contributed by atoms with Crippen LogP contribution in [0, 0.1) is 6.92 Å². The number of nitrogens with zero attached hydrogens (tertiary/aromatic N) is 4. The normalized spacial score (nSPS) is 17.5. The number of thiazole rings is 1. The molecule has 116 valence electrons. The molecule has 22 heavy (non-hydrogen) atoms. The molecule has 0 bridgehead atoms. The van der Waals surface area contributed by atoms with Crippen molar-refractivity contribution in [3.8, 4) is 11.8 Å². The number of hydrogen-bond donors (Lipinski definition) is 0. The lowest BCUT2D eigenvalue weighted by Gasteiger charge is -2.15. The summed E-state index contributed by atoms with van der Waals surface area (Å²) in [5.41, 5.74) is 0.507. The molecule has 0 saturated carbocycles. The highest BCUT2D eigenvalue weighted by Gasteiger charge is 2.29. The zero-order chi connectivity index (χ0) is 15.5. The van der Waals surface area contributed by atoms with Gasteiger partial charge < -0.3 is 14.4 Å². The summed E-state index contributed by atoms with van der Waals surface area (Å²) in [6, 6.07) is 3.40. The minimum absolute atomic E-state index is 0.0451. The standard InChI is InChI=1S/C14H16N4O3S/c1-9-15-11(8-22-9)14(19)18-6-5-10(7-18)21-13-4-3-12(20-2)16-17-13/h3-4,8,10H,5-7H2,1-2H3. The van der Waals surface area contributed by atoms with Gasteiger partial charge in [0.05, 0.1) is 18.7 Å². The van der Waals surface area contributed by atoms with Crippen LogP contribution in [0.15, 0.2) is 17.5 Å². The van der Waals surface area contributed by atoms with Crippen LogP contribution in [0.25, 0.3) is 0 Å². The molecule has 1 saturated heterocycles. The fourth-order valence-electron chi connectivity index (χ4n) is 2.28. The Morgan fingerprint density at radius 3 is 2.77 bits per heavy atom. The number of ether oxygens (including phenoxy) is 2. The van der Waals surface area contributed by atoms with Crippen molar-refractivity contribution in [3.05, 3.63) is 28.2 Å². The van der Waals surface area contributed by atoms with Crippen LogP contribution in [0.3, 0.4) is 0 Å². The van der Waals surface area contributed by atoms with E-state index >= 15 is 0 Å². The van der Waals surface area contributed by atoms with Crippen molar-refractivity contribution >= 4 is 17.2 Å². The predicted octanol–water partition coefficient (Wildman–Crippen LogP) is 1.54. The van der Waals surface area contributed by atoms with Gasteiger partial charge >= 0.3 is 0 Å². The van der Waals surface area contributed by atoms with Crippen LogP contribution in [-0.4, -0.2) is 52.3 Å². The first-order valence-corrected chi connectivity index (χ1v) is 7.79. The summed E-state index contributed by atoms with van der Waals surface area (Å²) < 4.78 is 10.7. The Morgan fingerprint density at radius 1 is 1.36 bits per heavy atom. The van der Waals surface area contributed by atoms with Crippen LogP contribution < -0.4 is 9.47 Å². The van der Waals surface area contributed by atoms with E-state index in [1.807, 2.05) is 6.92 Å². The number of rotatable bonds is 4. The zero-order valence-corrected chi connectivity index (χ0v) is 13.2. The van der Waals surface area contributed by atoms with Crippen LogP contribution in [0.1, 0.15) is 21.9 Å². The smallest absolute Gasteiger partial charge is 0.273 e. The number of likely N-dealkylation sites (tertiary alicyclic amines) is 1. The summed E-state index contributed by atoms with van der Waals surface area (Å²) in [6.07, 6.45) is 0.689.